The number of benzene rings is 1. The highest BCUT2D eigenvalue weighted by Crippen LogP contribution is 2.29. The average molecular weight is 297 g/mol. The van der Waals surface area contributed by atoms with Gasteiger partial charge in [0.1, 0.15) is 0 Å². The molecule has 0 fully saturated rings. The van der Waals surface area contributed by atoms with E-state index in [1.807, 2.05) is 18.2 Å². The highest BCUT2D eigenvalue weighted by molar-refractivity contribution is 14.1. The fraction of sp³-hybridized carbons (Fsp3) is 0.333. The van der Waals surface area contributed by atoms with Gasteiger partial charge < -0.3 is 5.11 Å². The molecule has 0 aliphatic rings. The second-order valence-electron chi connectivity index (χ2n) is 3.16. The third kappa shape index (κ3) is 2.12. The van der Waals surface area contributed by atoms with E-state index in [-0.39, 0.29) is 0 Å². The van der Waals surface area contributed by atoms with Crippen molar-refractivity contribution in [3.05, 3.63) is 32.4 Å². The van der Waals surface area contributed by atoms with Crippen LogP contribution in [0.2, 0.25) is 5.02 Å². The number of rotatable bonds is 1. The molecule has 0 heterocycles. The molecule has 0 amide bonds. The fourth-order valence-corrected chi connectivity index (χ4v) is 2.17. The van der Waals surface area contributed by atoms with Gasteiger partial charge in [-0.3, -0.25) is 0 Å². The van der Waals surface area contributed by atoms with Crippen LogP contribution in [0, 0.1) is 3.57 Å². The first-order valence-corrected chi connectivity index (χ1v) is 5.05. The van der Waals surface area contributed by atoms with E-state index >= 15 is 0 Å². The molecule has 3 heteroatoms. The van der Waals surface area contributed by atoms with Gasteiger partial charge in [-0.05, 0) is 48.1 Å². The monoisotopic (exact) mass is 296 g/mol. The number of hydrogen-bond acceptors (Lipinski definition) is 1. The van der Waals surface area contributed by atoms with Gasteiger partial charge in [-0.2, -0.15) is 0 Å². The van der Waals surface area contributed by atoms with Crippen molar-refractivity contribution in [1.29, 1.82) is 0 Å². The number of aliphatic hydroxyl groups is 1. The Morgan fingerprint density at radius 2 is 2.00 bits per heavy atom. The summed E-state index contributed by atoms with van der Waals surface area (Å²) in [6.07, 6.45) is 0. The summed E-state index contributed by atoms with van der Waals surface area (Å²) in [4.78, 5) is 0. The number of halogens is 2. The van der Waals surface area contributed by atoms with Gasteiger partial charge in [-0.15, -0.1) is 0 Å². The Hall–Kier alpha value is 0.200. The zero-order valence-electron chi connectivity index (χ0n) is 6.94. The summed E-state index contributed by atoms with van der Waals surface area (Å²) in [5, 5.41) is 10.4. The molecule has 1 aromatic rings. The summed E-state index contributed by atoms with van der Waals surface area (Å²) < 4.78 is 0.921. The molecule has 0 unspecified atom stereocenters. The van der Waals surface area contributed by atoms with E-state index < -0.39 is 5.60 Å². The van der Waals surface area contributed by atoms with Crippen LogP contribution < -0.4 is 0 Å². The lowest BCUT2D eigenvalue weighted by Gasteiger charge is -2.19. The summed E-state index contributed by atoms with van der Waals surface area (Å²) in [6, 6.07) is 5.55. The Balaban J connectivity index is 3.26. The van der Waals surface area contributed by atoms with Crippen LogP contribution in [-0.4, -0.2) is 5.11 Å². The second-order valence-corrected chi connectivity index (χ2v) is 4.65. The quantitative estimate of drug-likeness (QED) is 0.789. The lowest BCUT2D eigenvalue weighted by molar-refractivity contribution is 0.0777. The normalized spacial score (nSPS) is 11.8. The van der Waals surface area contributed by atoms with Gasteiger partial charge in [-0.25, -0.2) is 0 Å². The largest absolute Gasteiger partial charge is 0.386 e. The molecule has 0 bridgehead atoms. The van der Waals surface area contributed by atoms with Gasteiger partial charge in [0.05, 0.1) is 10.6 Å². The maximum absolute atomic E-state index is 9.73. The molecule has 1 N–H and O–H groups in total. The average Bonchev–Trinajstić information content (AvgIpc) is 1.92. The van der Waals surface area contributed by atoms with E-state index in [1.54, 1.807) is 13.8 Å². The summed E-state index contributed by atoms with van der Waals surface area (Å²) >= 11 is 8.04. The predicted molar refractivity (Wildman–Crippen MR) is 59.4 cm³/mol. The molecule has 1 aromatic carbocycles. The van der Waals surface area contributed by atoms with E-state index in [2.05, 4.69) is 22.6 Å². The van der Waals surface area contributed by atoms with Gasteiger partial charge in [0, 0.05) is 3.57 Å². The van der Waals surface area contributed by atoms with Crippen LogP contribution in [0.25, 0.3) is 0 Å². The van der Waals surface area contributed by atoms with Gasteiger partial charge in [0.2, 0.25) is 0 Å². The van der Waals surface area contributed by atoms with Gasteiger partial charge >= 0.3 is 0 Å². The molecule has 12 heavy (non-hydrogen) atoms. The smallest absolute Gasteiger partial charge is 0.0851 e. The summed E-state index contributed by atoms with van der Waals surface area (Å²) in [7, 11) is 0. The van der Waals surface area contributed by atoms with Crippen molar-refractivity contribution in [2.75, 3.05) is 0 Å². The summed E-state index contributed by atoms with van der Waals surface area (Å²) in [6.45, 7) is 3.50. The lowest BCUT2D eigenvalue weighted by Crippen LogP contribution is -2.17. The van der Waals surface area contributed by atoms with Crippen molar-refractivity contribution in [3.63, 3.8) is 0 Å². The van der Waals surface area contributed by atoms with Gasteiger partial charge in [0.15, 0.2) is 0 Å². The topological polar surface area (TPSA) is 20.2 Å². The van der Waals surface area contributed by atoms with E-state index in [9.17, 15) is 5.11 Å². The molecule has 0 saturated carbocycles. The standard InChI is InChI=1S/C9H10ClIO/c1-9(2,12)6-4-3-5-7(10)8(6)11/h3-5,12H,1-2H3. The van der Waals surface area contributed by atoms with Crippen molar-refractivity contribution < 1.29 is 5.11 Å². The first-order chi connectivity index (χ1) is 5.43. The van der Waals surface area contributed by atoms with Crippen LogP contribution in [0.3, 0.4) is 0 Å². The Kier molecular flexibility index (Phi) is 3.01. The Morgan fingerprint density at radius 3 is 2.42 bits per heavy atom. The van der Waals surface area contributed by atoms with Crippen molar-refractivity contribution >= 4 is 34.2 Å². The zero-order chi connectivity index (χ0) is 9.35. The third-order valence-corrected chi connectivity index (χ3v) is 3.41. The Morgan fingerprint density at radius 1 is 1.42 bits per heavy atom. The third-order valence-electron chi connectivity index (χ3n) is 1.61. The van der Waals surface area contributed by atoms with E-state index in [0.29, 0.717) is 5.02 Å². The predicted octanol–water partition coefficient (Wildman–Crippen LogP) is 3.17. The highest BCUT2D eigenvalue weighted by atomic mass is 127. The number of hydrogen-bond donors (Lipinski definition) is 1. The van der Waals surface area contributed by atoms with Crippen LogP contribution in [0.1, 0.15) is 19.4 Å². The first-order valence-electron chi connectivity index (χ1n) is 3.60. The van der Waals surface area contributed by atoms with Crippen molar-refractivity contribution in [3.8, 4) is 0 Å². The molecule has 0 aromatic heterocycles. The van der Waals surface area contributed by atoms with Crippen molar-refractivity contribution in [1.82, 2.24) is 0 Å². The molecular weight excluding hydrogens is 286 g/mol. The molecular formula is C9H10ClIO. The summed E-state index contributed by atoms with van der Waals surface area (Å²) in [5.41, 5.74) is 0.0529. The molecule has 1 rings (SSSR count). The van der Waals surface area contributed by atoms with Crippen molar-refractivity contribution in [2.24, 2.45) is 0 Å². The second kappa shape index (κ2) is 3.52. The molecule has 66 valence electrons. The molecule has 0 spiro atoms. The lowest BCUT2D eigenvalue weighted by atomic mass is 9.99. The minimum absolute atomic E-state index is 0.690. The van der Waals surface area contributed by atoms with E-state index in [0.717, 1.165) is 9.13 Å². The zero-order valence-corrected chi connectivity index (χ0v) is 9.85. The van der Waals surface area contributed by atoms with Gasteiger partial charge in [0.25, 0.3) is 0 Å². The van der Waals surface area contributed by atoms with Crippen LogP contribution in [0.5, 0.6) is 0 Å². The first kappa shape index (κ1) is 10.3. The maximum Gasteiger partial charge on any atom is 0.0851 e. The maximum atomic E-state index is 9.73. The molecule has 0 aliphatic carbocycles. The Bertz CT molecular complexity index is 291. The molecule has 1 nitrogen and oxygen atoms in total. The minimum Gasteiger partial charge on any atom is -0.386 e. The minimum atomic E-state index is -0.818. The molecule has 0 saturated heterocycles. The fourth-order valence-electron chi connectivity index (χ4n) is 0.976. The molecule has 0 aliphatic heterocycles. The van der Waals surface area contributed by atoms with Crippen LogP contribution in [-0.2, 0) is 5.60 Å². The molecule has 0 atom stereocenters. The van der Waals surface area contributed by atoms with Crippen molar-refractivity contribution in [2.45, 2.75) is 19.4 Å². The van der Waals surface area contributed by atoms with E-state index in [4.69, 9.17) is 11.6 Å². The molecule has 0 radical (unpaired) electrons. The van der Waals surface area contributed by atoms with Gasteiger partial charge in [-0.1, -0.05) is 23.7 Å². The Labute approximate surface area is 90.9 Å². The highest BCUT2D eigenvalue weighted by Gasteiger charge is 2.19. The summed E-state index contributed by atoms with van der Waals surface area (Å²) in [5.74, 6) is 0. The van der Waals surface area contributed by atoms with Crippen LogP contribution in [0.15, 0.2) is 18.2 Å². The SMILES string of the molecule is CC(C)(O)c1cccc(Cl)c1I. The van der Waals surface area contributed by atoms with E-state index in [1.165, 1.54) is 0 Å². The van der Waals surface area contributed by atoms with Crippen LogP contribution in [0.4, 0.5) is 0 Å². The van der Waals surface area contributed by atoms with Crippen LogP contribution >= 0.6 is 34.2 Å².